The third-order valence-corrected chi connectivity index (χ3v) is 9.86. The predicted octanol–water partition coefficient (Wildman–Crippen LogP) is 2.48. The average Bonchev–Trinajstić information content (AvgIpc) is 3.39. The van der Waals surface area contributed by atoms with Crippen LogP contribution in [0.5, 0.6) is 11.5 Å². The molecule has 180 valence electrons. The summed E-state index contributed by atoms with van der Waals surface area (Å²) in [5, 5.41) is 25.3. The maximum atomic E-state index is 13.3. The summed E-state index contributed by atoms with van der Waals surface area (Å²) in [5.41, 5.74) is 3.38. The molecule has 1 aromatic heterocycles. The first-order valence-electron chi connectivity index (χ1n) is 12.6. The number of aryl methyl sites for hydroxylation is 1. The van der Waals surface area contributed by atoms with Crippen LogP contribution in [0.1, 0.15) is 48.9 Å². The molecule has 2 saturated heterocycles. The molecule has 1 spiro atoms. The van der Waals surface area contributed by atoms with Crippen molar-refractivity contribution in [2.24, 2.45) is 5.92 Å². The Labute approximate surface area is 203 Å². The zero-order valence-corrected chi connectivity index (χ0v) is 20.1. The van der Waals surface area contributed by atoms with Crippen LogP contribution in [-0.2, 0) is 23.1 Å². The van der Waals surface area contributed by atoms with Crippen molar-refractivity contribution in [3.05, 3.63) is 39.8 Å². The van der Waals surface area contributed by atoms with Crippen LogP contribution in [0, 0.1) is 5.92 Å². The summed E-state index contributed by atoms with van der Waals surface area (Å²) in [6.07, 6.45) is 5.35. The standard InChI is InChI=1S/C26H31N3O4S/c30-19-5-3-17-11-20-26(32)8-10-29(22(31)6-4-18-14-34-15-27-18)13-21-25(26,23(17)24(19)33-21)7-9-28(20)12-16-1-2-16/h3,5,14-16,20-21,30,32H,1-2,4,6-13H2/t20-,21+,25-,26-/m1/s1. The Morgan fingerprint density at radius 2 is 2.15 bits per heavy atom. The highest BCUT2D eigenvalue weighted by atomic mass is 32.1. The zero-order chi connectivity index (χ0) is 23.1. The van der Waals surface area contributed by atoms with Crippen molar-refractivity contribution in [1.29, 1.82) is 0 Å². The number of phenols is 1. The van der Waals surface area contributed by atoms with Crippen LogP contribution in [0.4, 0.5) is 0 Å². The number of hydrogen-bond acceptors (Lipinski definition) is 7. The molecule has 3 fully saturated rings. The molecule has 0 radical (unpaired) electrons. The van der Waals surface area contributed by atoms with Gasteiger partial charge in [0.05, 0.1) is 28.8 Å². The summed E-state index contributed by atoms with van der Waals surface area (Å²) < 4.78 is 6.48. The number of phenolic OH excluding ortho intramolecular Hbond substituents is 1. The van der Waals surface area contributed by atoms with Gasteiger partial charge in [-0.2, -0.15) is 0 Å². The first-order valence-corrected chi connectivity index (χ1v) is 13.6. The van der Waals surface area contributed by atoms with Gasteiger partial charge in [0, 0.05) is 36.5 Å². The van der Waals surface area contributed by atoms with Crippen molar-refractivity contribution in [1.82, 2.24) is 14.8 Å². The summed E-state index contributed by atoms with van der Waals surface area (Å²) in [6.45, 7) is 2.95. The predicted molar refractivity (Wildman–Crippen MR) is 127 cm³/mol. The molecule has 7 rings (SSSR count). The monoisotopic (exact) mass is 481 g/mol. The number of carbonyl (C=O) groups excluding carboxylic acids is 1. The lowest BCUT2D eigenvalue weighted by atomic mass is 9.52. The lowest BCUT2D eigenvalue weighted by Gasteiger charge is -2.60. The van der Waals surface area contributed by atoms with Crippen molar-refractivity contribution in [2.45, 2.75) is 68.1 Å². The van der Waals surface area contributed by atoms with Gasteiger partial charge in [-0.3, -0.25) is 9.69 Å². The summed E-state index contributed by atoms with van der Waals surface area (Å²) in [6, 6.07) is 3.77. The maximum absolute atomic E-state index is 13.3. The van der Waals surface area contributed by atoms with E-state index in [0.717, 1.165) is 43.1 Å². The fourth-order valence-electron chi connectivity index (χ4n) is 7.38. The lowest BCUT2D eigenvalue weighted by Crippen LogP contribution is -2.74. The van der Waals surface area contributed by atoms with Gasteiger partial charge in [-0.15, -0.1) is 11.3 Å². The number of rotatable bonds is 5. The van der Waals surface area contributed by atoms with Crippen LogP contribution in [-0.4, -0.2) is 74.8 Å². The maximum Gasteiger partial charge on any atom is 0.223 e. The van der Waals surface area contributed by atoms with Crippen molar-refractivity contribution >= 4 is 17.2 Å². The van der Waals surface area contributed by atoms with Gasteiger partial charge in [0.2, 0.25) is 5.91 Å². The Bertz CT molecular complexity index is 1140. The Morgan fingerprint density at radius 3 is 2.94 bits per heavy atom. The molecule has 0 unspecified atom stereocenters. The van der Waals surface area contributed by atoms with Gasteiger partial charge in [0.25, 0.3) is 0 Å². The number of thiazole rings is 1. The number of likely N-dealkylation sites (tertiary alicyclic amines) is 2. The Balaban J connectivity index is 1.26. The summed E-state index contributed by atoms with van der Waals surface area (Å²) >= 11 is 1.55. The van der Waals surface area contributed by atoms with Gasteiger partial charge in [-0.25, -0.2) is 4.98 Å². The second-order valence-corrected chi connectivity index (χ2v) is 11.6. The van der Waals surface area contributed by atoms with E-state index in [4.69, 9.17) is 4.74 Å². The minimum atomic E-state index is -0.985. The van der Waals surface area contributed by atoms with E-state index in [9.17, 15) is 15.0 Å². The van der Waals surface area contributed by atoms with Gasteiger partial charge in [-0.1, -0.05) is 6.07 Å². The van der Waals surface area contributed by atoms with Crippen LogP contribution in [0.2, 0.25) is 0 Å². The molecule has 3 aliphatic heterocycles. The molecule has 1 amide bonds. The van der Waals surface area contributed by atoms with Gasteiger partial charge in [0.1, 0.15) is 6.10 Å². The molecule has 5 aliphatic rings. The van der Waals surface area contributed by atoms with Crippen LogP contribution in [0.3, 0.4) is 0 Å². The topological polar surface area (TPSA) is 86.1 Å². The van der Waals surface area contributed by atoms with Crippen molar-refractivity contribution in [3.63, 3.8) is 0 Å². The molecule has 2 bridgehead atoms. The first-order chi connectivity index (χ1) is 16.5. The number of nitrogens with zero attached hydrogens (tertiary/aromatic N) is 3. The fraction of sp³-hybridized carbons (Fsp3) is 0.615. The molecule has 2 aromatic rings. The smallest absolute Gasteiger partial charge is 0.223 e. The summed E-state index contributed by atoms with van der Waals surface area (Å²) in [5.74, 6) is 1.51. The number of piperidine rings is 1. The average molecular weight is 482 g/mol. The van der Waals surface area contributed by atoms with Gasteiger partial charge >= 0.3 is 0 Å². The minimum absolute atomic E-state index is 0.0148. The quantitative estimate of drug-likeness (QED) is 0.683. The molecular formula is C26H31N3O4S. The van der Waals surface area contributed by atoms with E-state index >= 15 is 0 Å². The van der Waals surface area contributed by atoms with Gasteiger partial charge in [0.15, 0.2) is 11.5 Å². The van der Waals surface area contributed by atoms with E-state index in [0.29, 0.717) is 38.1 Å². The van der Waals surface area contributed by atoms with E-state index in [1.807, 2.05) is 16.3 Å². The number of aromatic hydroxyl groups is 1. The van der Waals surface area contributed by atoms with E-state index < -0.39 is 11.0 Å². The second kappa shape index (κ2) is 7.42. The number of aromatic nitrogens is 1. The van der Waals surface area contributed by atoms with Crippen LogP contribution < -0.4 is 4.74 Å². The molecule has 1 saturated carbocycles. The largest absolute Gasteiger partial charge is 0.504 e. The third-order valence-electron chi connectivity index (χ3n) is 9.22. The highest BCUT2D eigenvalue weighted by Crippen LogP contribution is 2.63. The first kappa shape index (κ1) is 21.1. The number of ether oxygens (including phenoxy) is 1. The Morgan fingerprint density at radius 1 is 1.26 bits per heavy atom. The van der Waals surface area contributed by atoms with E-state index in [-0.39, 0.29) is 23.8 Å². The van der Waals surface area contributed by atoms with Gasteiger partial charge in [-0.05, 0) is 62.6 Å². The summed E-state index contributed by atoms with van der Waals surface area (Å²) in [7, 11) is 0. The molecule has 2 N–H and O–H groups in total. The number of amides is 1. The molecular weight excluding hydrogens is 450 g/mol. The van der Waals surface area contributed by atoms with Crippen LogP contribution in [0.25, 0.3) is 0 Å². The molecule has 4 heterocycles. The van der Waals surface area contributed by atoms with Gasteiger partial charge < -0.3 is 19.8 Å². The Hall–Kier alpha value is -2.16. The van der Waals surface area contributed by atoms with E-state index in [1.54, 1.807) is 22.9 Å². The highest BCUT2D eigenvalue weighted by molar-refractivity contribution is 7.07. The Kier molecular flexibility index (Phi) is 4.61. The molecule has 34 heavy (non-hydrogen) atoms. The normalized spacial score (nSPS) is 33.9. The van der Waals surface area contributed by atoms with E-state index in [1.165, 1.54) is 18.4 Å². The summed E-state index contributed by atoms with van der Waals surface area (Å²) in [4.78, 5) is 22.0. The second-order valence-electron chi connectivity index (χ2n) is 10.9. The van der Waals surface area contributed by atoms with Crippen LogP contribution in [0.15, 0.2) is 23.0 Å². The fourth-order valence-corrected chi connectivity index (χ4v) is 7.98. The SMILES string of the molecule is O=C(CCc1cscn1)N1CC[C@@]2(O)[C@H]3Cc4ccc(O)c5c4[C@@]2(CCN3CC2CC2)[C@H](C1)O5. The molecule has 2 aliphatic carbocycles. The minimum Gasteiger partial charge on any atom is -0.504 e. The number of aliphatic hydroxyl groups is 1. The third kappa shape index (κ3) is 2.88. The van der Waals surface area contributed by atoms with Crippen molar-refractivity contribution in [3.8, 4) is 11.5 Å². The van der Waals surface area contributed by atoms with Crippen molar-refractivity contribution in [2.75, 3.05) is 26.2 Å². The number of hydrogen-bond donors (Lipinski definition) is 2. The highest BCUT2D eigenvalue weighted by Gasteiger charge is 2.71. The number of benzene rings is 1. The molecule has 4 atom stereocenters. The number of carbonyl (C=O) groups is 1. The zero-order valence-electron chi connectivity index (χ0n) is 19.3. The van der Waals surface area contributed by atoms with Crippen molar-refractivity contribution < 1.29 is 19.7 Å². The molecule has 8 heteroatoms. The lowest BCUT2D eigenvalue weighted by molar-refractivity contribution is -0.162. The molecule has 1 aromatic carbocycles. The molecule has 7 nitrogen and oxygen atoms in total. The van der Waals surface area contributed by atoms with E-state index in [2.05, 4.69) is 9.88 Å². The van der Waals surface area contributed by atoms with Crippen LogP contribution >= 0.6 is 11.3 Å².